The average molecular weight is 247 g/mol. The van der Waals surface area contributed by atoms with Crippen LogP contribution >= 0.6 is 0 Å². The van der Waals surface area contributed by atoms with Crippen LogP contribution in [0.5, 0.6) is 0 Å². The molecule has 2 nitrogen and oxygen atoms in total. The average Bonchev–Trinajstić information content (AvgIpc) is 2.28. The van der Waals surface area contributed by atoms with Crippen molar-refractivity contribution in [2.75, 3.05) is 19.6 Å². The standard InChI is InChI=1S/C16H25NO/c1-13-11-17(12-16(2,3)18)10-9-15(13)14-7-5-4-6-8-14/h4-8,13,15,18H,9-12H2,1-3H3. The first-order valence-corrected chi connectivity index (χ1v) is 6.95. The highest BCUT2D eigenvalue weighted by atomic mass is 16.3. The highest BCUT2D eigenvalue weighted by Gasteiger charge is 2.29. The minimum absolute atomic E-state index is 0.584. The van der Waals surface area contributed by atoms with Crippen molar-refractivity contribution in [2.45, 2.75) is 38.7 Å². The van der Waals surface area contributed by atoms with Crippen LogP contribution in [0.25, 0.3) is 0 Å². The summed E-state index contributed by atoms with van der Waals surface area (Å²) in [5, 5.41) is 9.90. The lowest BCUT2D eigenvalue weighted by molar-refractivity contribution is 0.0197. The van der Waals surface area contributed by atoms with E-state index in [1.165, 1.54) is 12.0 Å². The third kappa shape index (κ3) is 3.56. The molecule has 0 amide bonds. The molecular weight excluding hydrogens is 222 g/mol. The van der Waals surface area contributed by atoms with Crippen LogP contribution in [-0.2, 0) is 0 Å². The Morgan fingerprint density at radius 3 is 2.50 bits per heavy atom. The summed E-state index contributed by atoms with van der Waals surface area (Å²) in [7, 11) is 0. The number of hydrogen-bond acceptors (Lipinski definition) is 2. The van der Waals surface area contributed by atoms with Crippen LogP contribution < -0.4 is 0 Å². The fourth-order valence-electron chi connectivity index (χ4n) is 3.12. The van der Waals surface area contributed by atoms with Gasteiger partial charge in [-0.3, -0.25) is 0 Å². The normalized spacial score (nSPS) is 26.2. The second-order valence-electron chi connectivity index (χ2n) is 6.33. The molecule has 100 valence electrons. The van der Waals surface area contributed by atoms with Gasteiger partial charge in [-0.2, -0.15) is 0 Å². The summed E-state index contributed by atoms with van der Waals surface area (Å²) in [6.07, 6.45) is 1.20. The lowest BCUT2D eigenvalue weighted by atomic mass is 9.81. The summed E-state index contributed by atoms with van der Waals surface area (Å²) in [6, 6.07) is 10.8. The third-order valence-corrected chi connectivity index (χ3v) is 3.83. The smallest absolute Gasteiger partial charge is 0.0718 e. The van der Waals surface area contributed by atoms with Gasteiger partial charge >= 0.3 is 0 Å². The van der Waals surface area contributed by atoms with Gasteiger partial charge in [0.25, 0.3) is 0 Å². The van der Waals surface area contributed by atoms with Crippen molar-refractivity contribution in [1.29, 1.82) is 0 Å². The monoisotopic (exact) mass is 247 g/mol. The lowest BCUT2D eigenvalue weighted by Crippen LogP contribution is -2.45. The molecule has 2 heteroatoms. The number of β-amino-alcohol motifs (C(OH)–C–C–N with tert-alkyl or cyclic N) is 1. The van der Waals surface area contributed by atoms with Gasteiger partial charge < -0.3 is 10.0 Å². The molecule has 1 saturated heterocycles. The molecule has 0 aromatic heterocycles. The Hall–Kier alpha value is -0.860. The topological polar surface area (TPSA) is 23.5 Å². The van der Waals surface area contributed by atoms with Crippen molar-refractivity contribution < 1.29 is 5.11 Å². The quantitative estimate of drug-likeness (QED) is 0.888. The van der Waals surface area contributed by atoms with Gasteiger partial charge in [0.1, 0.15) is 0 Å². The summed E-state index contributed by atoms with van der Waals surface area (Å²) in [5.41, 5.74) is 0.882. The van der Waals surface area contributed by atoms with E-state index in [9.17, 15) is 5.11 Å². The molecule has 2 rings (SSSR count). The molecule has 2 atom stereocenters. The predicted octanol–water partition coefficient (Wildman–Crippen LogP) is 2.88. The minimum Gasteiger partial charge on any atom is -0.389 e. The maximum atomic E-state index is 9.90. The van der Waals surface area contributed by atoms with Gasteiger partial charge in [-0.25, -0.2) is 0 Å². The van der Waals surface area contributed by atoms with Gasteiger partial charge in [0.15, 0.2) is 0 Å². The van der Waals surface area contributed by atoms with Crippen molar-refractivity contribution >= 4 is 0 Å². The summed E-state index contributed by atoms with van der Waals surface area (Å²) < 4.78 is 0. The van der Waals surface area contributed by atoms with Gasteiger partial charge in [0, 0.05) is 13.1 Å². The Kier molecular flexibility index (Phi) is 4.08. The molecule has 1 aliphatic rings. The summed E-state index contributed by atoms with van der Waals surface area (Å²) in [5.74, 6) is 1.33. The van der Waals surface area contributed by atoms with Gasteiger partial charge in [-0.05, 0) is 44.2 Å². The number of hydrogen-bond donors (Lipinski definition) is 1. The fourth-order valence-corrected chi connectivity index (χ4v) is 3.12. The van der Waals surface area contributed by atoms with Crippen molar-refractivity contribution in [1.82, 2.24) is 4.90 Å². The van der Waals surface area contributed by atoms with Gasteiger partial charge in [0.2, 0.25) is 0 Å². The number of piperidine rings is 1. The molecule has 1 heterocycles. The first kappa shape index (κ1) is 13.6. The molecule has 0 aliphatic carbocycles. The van der Waals surface area contributed by atoms with Crippen molar-refractivity contribution in [3.63, 3.8) is 0 Å². The highest BCUT2D eigenvalue weighted by Crippen LogP contribution is 2.32. The summed E-state index contributed by atoms with van der Waals surface area (Å²) >= 11 is 0. The van der Waals surface area contributed by atoms with Gasteiger partial charge in [-0.15, -0.1) is 0 Å². The molecule has 1 aromatic rings. The molecule has 18 heavy (non-hydrogen) atoms. The van der Waals surface area contributed by atoms with Crippen LogP contribution in [0.4, 0.5) is 0 Å². The lowest BCUT2D eigenvalue weighted by Gasteiger charge is -2.39. The third-order valence-electron chi connectivity index (χ3n) is 3.83. The van der Waals surface area contributed by atoms with Crippen LogP contribution in [-0.4, -0.2) is 35.2 Å². The Bertz CT molecular complexity index is 368. The zero-order chi connectivity index (χ0) is 13.2. The Morgan fingerprint density at radius 1 is 1.28 bits per heavy atom. The SMILES string of the molecule is CC1CN(CC(C)(C)O)CCC1c1ccccc1. The van der Waals surface area contributed by atoms with Crippen LogP contribution in [0.3, 0.4) is 0 Å². The predicted molar refractivity (Wildman–Crippen MR) is 75.7 cm³/mol. The molecule has 0 radical (unpaired) electrons. The van der Waals surface area contributed by atoms with E-state index in [0.717, 1.165) is 19.6 Å². The van der Waals surface area contributed by atoms with E-state index in [1.54, 1.807) is 0 Å². The first-order chi connectivity index (χ1) is 8.46. The second kappa shape index (κ2) is 5.41. The molecule has 1 aliphatic heterocycles. The maximum Gasteiger partial charge on any atom is 0.0718 e. The van der Waals surface area contributed by atoms with E-state index in [2.05, 4.69) is 42.2 Å². The van der Waals surface area contributed by atoms with E-state index >= 15 is 0 Å². The van der Waals surface area contributed by atoms with Crippen molar-refractivity contribution in [3.8, 4) is 0 Å². The number of benzene rings is 1. The van der Waals surface area contributed by atoms with E-state index in [0.29, 0.717) is 11.8 Å². The van der Waals surface area contributed by atoms with Gasteiger partial charge in [-0.1, -0.05) is 37.3 Å². The molecule has 0 saturated carbocycles. The van der Waals surface area contributed by atoms with E-state index < -0.39 is 5.60 Å². The van der Waals surface area contributed by atoms with Crippen LogP contribution in [0.2, 0.25) is 0 Å². The molecule has 2 unspecified atom stereocenters. The van der Waals surface area contributed by atoms with Crippen LogP contribution in [0.1, 0.15) is 38.7 Å². The minimum atomic E-state index is -0.584. The molecule has 1 N–H and O–H groups in total. The van der Waals surface area contributed by atoms with Gasteiger partial charge in [0.05, 0.1) is 5.60 Å². The number of aliphatic hydroxyl groups is 1. The van der Waals surface area contributed by atoms with Crippen molar-refractivity contribution in [2.24, 2.45) is 5.92 Å². The summed E-state index contributed by atoms with van der Waals surface area (Å²) in [6.45, 7) is 9.06. The highest BCUT2D eigenvalue weighted by molar-refractivity contribution is 5.21. The van der Waals surface area contributed by atoms with E-state index in [1.807, 2.05) is 13.8 Å². The Morgan fingerprint density at radius 2 is 1.94 bits per heavy atom. The number of rotatable bonds is 3. The largest absolute Gasteiger partial charge is 0.389 e. The van der Waals surface area contributed by atoms with Crippen molar-refractivity contribution in [3.05, 3.63) is 35.9 Å². The maximum absolute atomic E-state index is 9.90. The Labute approximate surface area is 111 Å². The van der Waals surface area contributed by atoms with Crippen LogP contribution in [0.15, 0.2) is 30.3 Å². The molecule has 0 bridgehead atoms. The van der Waals surface area contributed by atoms with Crippen LogP contribution in [0, 0.1) is 5.92 Å². The zero-order valence-electron chi connectivity index (χ0n) is 11.8. The summed E-state index contributed by atoms with van der Waals surface area (Å²) in [4.78, 5) is 2.39. The zero-order valence-corrected chi connectivity index (χ0v) is 11.8. The fraction of sp³-hybridized carbons (Fsp3) is 0.625. The molecular formula is C16H25NO. The number of nitrogens with zero attached hydrogens (tertiary/aromatic N) is 1. The molecule has 1 fully saturated rings. The van der Waals surface area contributed by atoms with E-state index in [4.69, 9.17) is 0 Å². The molecule has 1 aromatic carbocycles. The second-order valence-corrected chi connectivity index (χ2v) is 6.33. The Balaban J connectivity index is 1.97. The number of likely N-dealkylation sites (tertiary alicyclic amines) is 1. The first-order valence-electron chi connectivity index (χ1n) is 6.95. The van der Waals surface area contributed by atoms with E-state index in [-0.39, 0.29) is 0 Å². The molecule has 0 spiro atoms.